The Labute approximate surface area is 207 Å². The van der Waals surface area contributed by atoms with Gasteiger partial charge in [-0.3, -0.25) is 14.5 Å². The van der Waals surface area contributed by atoms with E-state index in [2.05, 4.69) is 34.0 Å². The van der Waals surface area contributed by atoms with Gasteiger partial charge in [-0.25, -0.2) is 9.97 Å². The van der Waals surface area contributed by atoms with Crippen LogP contribution in [0.25, 0.3) is 0 Å². The third-order valence-electron chi connectivity index (χ3n) is 6.33. The molecule has 3 atom stereocenters. The molecule has 0 spiro atoms. The van der Waals surface area contributed by atoms with Gasteiger partial charge >= 0.3 is 0 Å². The zero-order valence-corrected chi connectivity index (χ0v) is 21.4. The van der Waals surface area contributed by atoms with Crippen LogP contribution < -0.4 is 10.1 Å². The molecule has 35 heavy (non-hydrogen) atoms. The number of carbonyl (C=O) groups is 2. The highest BCUT2D eigenvalue weighted by Gasteiger charge is 2.28. The first-order valence-corrected chi connectivity index (χ1v) is 12.1. The number of aromatic nitrogens is 2. The van der Waals surface area contributed by atoms with Crippen molar-refractivity contribution < 1.29 is 19.1 Å². The van der Waals surface area contributed by atoms with Crippen molar-refractivity contribution in [1.82, 2.24) is 19.8 Å². The van der Waals surface area contributed by atoms with Crippen LogP contribution in [-0.4, -0.2) is 77.6 Å². The van der Waals surface area contributed by atoms with E-state index in [1.807, 2.05) is 19.3 Å². The van der Waals surface area contributed by atoms with Gasteiger partial charge < -0.3 is 19.7 Å². The smallest absolute Gasteiger partial charge is 0.257 e. The van der Waals surface area contributed by atoms with Gasteiger partial charge in [0.1, 0.15) is 18.7 Å². The van der Waals surface area contributed by atoms with Crippen LogP contribution in [0.5, 0.6) is 5.75 Å². The van der Waals surface area contributed by atoms with E-state index in [9.17, 15) is 9.59 Å². The molecule has 1 aromatic carbocycles. The minimum Gasteiger partial charge on any atom is -0.491 e. The first kappa shape index (κ1) is 26.6. The zero-order valence-electron chi connectivity index (χ0n) is 21.4. The molecule has 0 fully saturated rings. The topological polar surface area (TPSA) is 96.9 Å². The van der Waals surface area contributed by atoms with Gasteiger partial charge in [-0.15, -0.1) is 0 Å². The lowest BCUT2D eigenvalue weighted by Gasteiger charge is -2.36. The molecule has 9 heteroatoms. The van der Waals surface area contributed by atoms with Crippen molar-refractivity contribution >= 4 is 17.5 Å². The number of ether oxygens (including phenoxy) is 2. The summed E-state index contributed by atoms with van der Waals surface area (Å²) in [6, 6.07) is 5.28. The summed E-state index contributed by atoms with van der Waals surface area (Å²) in [4.78, 5) is 37.8. The van der Waals surface area contributed by atoms with Crippen molar-refractivity contribution in [3.05, 3.63) is 48.0 Å². The summed E-state index contributed by atoms with van der Waals surface area (Å²) >= 11 is 0. The fourth-order valence-corrected chi connectivity index (χ4v) is 4.25. The maximum atomic E-state index is 13.4. The Kier molecular flexibility index (Phi) is 9.56. The molecule has 2 aromatic rings. The molecule has 2 heterocycles. The molecule has 190 valence electrons. The number of fused-ring (bicyclic) bond motifs is 1. The fourth-order valence-electron chi connectivity index (χ4n) is 4.25. The molecule has 3 rings (SSSR count). The van der Waals surface area contributed by atoms with E-state index < -0.39 is 0 Å². The number of rotatable bonds is 6. The molecule has 1 N–H and O–H groups in total. The number of nitrogens with zero attached hydrogens (tertiary/aromatic N) is 4. The number of likely N-dealkylation sites (N-methyl/N-ethyl adjacent to an activating group) is 1. The van der Waals surface area contributed by atoms with Crippen molar-refractivity contribution in [2.75, 3.05) is 39.2 Å². The van der Waals surface area contributed by atoms with Crippen LogP contribution >= 0.6 is 0 Å². The Morgan fingerprint density at radius 1 is 1.23 bits per heavy atom. The molecule has 0 aliphatic carbocycles. The maximum absolute atomic E-state index is 13.4. The van der Waals surface area contributed by atoms with Crippen LogP contribution in [0.1, 0.15) is 49.5 Å². The summed E-state index contributed by atoms with van der Waals surface area (Å²) in [7, 11) is 3.45. The van der Waals surface area contributed by atoms with Gasteiger partial charge in [0.05, 0.1) is 11.7 Å². The van der Waals surface area contributed by atoms with Crippen LogP contribution in [0.3, 0.4) is 0 Å². The van der Waals surface area contributed by atoms with Gasteiger partial charge in [0.25, 0.3) is 5.91 Å². The maximum Gasteiger partial charge on any atom is 0.257 e. The van der Waals surface area contributed by atoms with Gasteiger partial charge in [0.15, 0.2) is 0 Å². The standard InChI is InChI=1S/C26H37N5O4/c1-6-7-25(32)29-21-8-9-23-22(10-21)26(33)30(4)15-24(34-5)18(2)13-31(19(3)16-35-23)14-20-11-27-17-28-12-20/h8-12,17-19,24H,6-7,13-16H2,1-5H3,(H,29,32)/t18-,19+,24+/m0/s1. The Morgan fingerprint density at radius 3 is 2.66 bits per heavy atom. The van der Waals surface area contributed by atoms with Gasteiger partial charge in [0, 0.05) is 69.9 Å². The average Bonchev–Trinajstić information content (AvgIpc) is 2.85. The second-order valence-electron chi connectivity index (χ2n) is 9.28. The van der Waals surface area contributed by atoms with E-state index in [1.165, 1.54) is 6.33 Å². The van der Waals surface area contributed by atoms with E-state index in [1.54, 1.807) is 37.3 Å². The Hall–Kier alpha value is -3.04. The number of amides is 2. The van der Waals surface area contributed by atoms with Crippen molar-refractivity contribution in [3.63, 3.8) is 0 Å². The molecule has 0 unspecified atom stereocenters. The van der Waals surface area contributed by atoms with Gasteiger partial charge in [-0.1, -0.05) is 13.8 Å². The number of nitrogens with one attached hydrogen (secondary N) is 1. The third-order valence-corrected chi connectivity index (χ3v) is 6.33. The van der Waals surface area contributed by atoms with Crippen LogP contribution in [0, 0.1) is 5.92 Å². The van der Waals surface area contributed by atoms with Gasteiger partial charge in [0.2, 0.25) is 5.91 Å². The first-order valence-electron chi connectivity index (χ1n) is 12.1. The van der Waals surface area contributed by atoms with Crippen LogP contribution in [0.2, 0.25) is 0 Å². The third kappa shape index (κ3) is 7.22. The molecule has 0 saturated heterocycles. The quantitative estimate of drug-likeness (QED) is 0.674. The Bertz CT molecular complexity index is 987. The first-order chi connectivity index (χ1) is 16.8. The number of carbonyl (C=O) groups excluding carboxylic acids is 2. The molecule has 0 saturated carbocycles. The summed E-state index contributed by atoms with van der Waals surface area (Å²) in [5, 5.41) is 2.87. The minimum absolute atomic E-state index is 0.0548. The average molecular weight is 484 g/mol. The lowest BCUT2D eigenvalue weighted by atomic mass is 10.0. The van der Waals surface area contributed by atoms with Crippen molar-refractivity contribution in [2.24, 2.45) is 5.92 Å². The predicted octanol–water partition coefficient (Wildman–Crippen LogP) is 3.22. The lowest BCUT2D eigenvalue weighted by molar-refractivity contribution is -0.116. The van der Waals surface area contributed by atoms with Gasteiger partial charge in [-0.2, -0.15) is 0 Å². The number of benzene rings is 1. The van der Waals surface area contributed by atoms with Crippen LogP contribution in [-0.2, 0) is 16.1 Å². The molecule has 1 aliphatic heterocycles. The second kappa shape index (κ2) is 12.6. The summed E-state index contributed by atoms with van der Waals surface area (Å²) in [5.74, 6) is 0.394. The highest BCUT2D eigenvalue weighted by atomic mass is 16.5. The number of methoxy groups -OCH3 is 1. The van der Waals surface area contributed by atoms with Gasteiger partial charge in [-0.05, 0) is 37.5 Å². The summed E-state index contributed by atoms with van der Waals surface area (Å²) < 4.78 is 12.0. The SMILES string of the molecule is CCCC(=O)Nc1ccc2c(c1)C(=O)N(C)C[C@@H](OC)[C@@H](C)CN(Cc1cncnc1)[C@H](C)CO2. The highest BCUT2D eigenvalue weighted by molar-refractivity contribution is 5.99. The molecule has 0 bridgehead atoms. The van der Waals surface area contributed by atoms with E-state index in [4.69, 9.17) is 9.47 Å². The van der Waals surface area contributed by atoms with Crippen LogP contribution in [0.4, 0.5) is 5.69 Å². The Morgan fingerprint density at radius 2 is 1.97 bits per heavy atom. The van der Waals surface area contributed by atoms with Crippen molar-refractivity contribution in [3.8, 4) is 5.75 Å². The molecule has 0 radical (unpaired) electrons. The van der Waals surface area contributed by atoms with E-state index >= 15 is 0 Å². The number of hydrogen-bond acceptors (Lipinski definition) is 7. The zero-order chi connectivity index (χ0) is 25.4. The number of hydrogen-bond donors (Lipinski definition) is 1. The summed E-state index contributed by atoms with van der Waals surface area (Å²) in [5.41, 5.74) is 2.02. The summed E-state index contributed by atoms with van der Waals surface area (Å²) in [6.45, 7) is 8.45. The largest absolute Gasteiger partial charge is 0.491 e. The predicted molar refractivity (Wildman–Crippen MR) is 134 cm³/mol. The molecular formula is C26H37N5O4. The van der Waals surface area contributed by atoms with Crippen molar-refractivity contribution in [1.29, 1.82) is 0 Å². The van der Waals surface area contributed by atoms with Crippen molar-refractivity contribution in [2.45, 2.75) is 52.3 Å². The Balaban J connectivity index is 1.92. The second-order valence-corrected chi connectivity index (χ2v) is 9.28. The molecular weight excluding hydrogens is 446 g/mol. The normalized spacial score (nSPS) is 21.9. The summed E-state index contributed by atoms with van der Waals surface area (Å²) in [6.07, 6.45) is 6.20. The molecule has 2 amide bonds. The van der Waals surface area contributed by atoms with E-state index in [-0.39, 0.29) is 29.9 Å². The lowest BCUT2D eigenvalue weighted by Crippen LogP contribution is -2.46. The minimum atomic E-state index is -0.174. The number of anilines is 1. The van der Waals surface area contributed by atoms with E-state index in [0.717, 1.165) is 18.5 Å². The molecule has 9 nitrogen and oxygen atoms in total. The highest BCUT2D eigenvalue weighted by Crippen LogP contribution is 2.27. The monoisotopic (exact) mass is 483 g/mol. The molecule has 1 aliphatic rings. The fraction of sp³-hybridized carbons (Fsp3) is 0.538. The van der Waals surface area contributed by atoms with Crippen LogP contribution in [0.15, 0.2) is 36.9 Å². The molecule has 1 aromatic heterocycles. The van der Waals surface area contributed by atoms with E-state index in [0.29, 0.717) is 43.1 Å².